The van der Waals surface area contributed by atoms with Gasteiger partial charge in [0, 0.05) is 36.1 Å². The van der Waals surface area contributed by atoms with Crippen molar-refractivity contribution in [2.24, 2.45) is 0 Å². The van der Waals surface area contributed by atoms with E-state index in [9.17, 15) is 4.39 Å². The fourth-order valence-corrected chi connectivity index (χ4v) is 3.01. The van der Waals surface area contributed by atoms with Crippen LogP contribution in [0, 0.1) is 0 Å². The van der Waals surface area contributed by atoms with Crippen LogP contribution >= 0.6 is 11.6 Å². The van der Waals surface area contributed by atoms with Gasteiger partial charge < -0.3 is 15.0 Å². The van der Waals surface area contributed by atoms with Gasteiger partial charge in [0.05, 0.1) is 18.9 Å². The molecule has 4 rings (SSSR count). The molecule has 2 aromatic heterocycles. The van der Waals surface area contributed by atoms with E-state index in [1.165, 1.54) is 11.6 Å². The third-order valence-corrected chi connectivity index (χ3v) is 4.63. The number of rotatable bonds is 5. The minimum Gasteiger partial charge on any atom is -0.378 e. The molecule has 3 heterocycles. The third kappa shape index (κ3) is 4.23. The molecule has 1 atom stereocenters. The highest BCUT2D eigenvalue weighted by atomic mass is 35.5. The summed E-state index contributed by atoms with van der Waals surface area (Å²) in [5.41, 5.74) is 1.19. The number of alkyl halides is 1. The van der Waals surface area contributed by atoms with Crippen molar-refractivity contribution in [3.63, 3.8) is 0 Å². The van der Waals surface area contributed by atoms with E-state index in [1.54, 1.807) is 24.4 Å². The van der Waals surface area contributed by atoms with E-state index in [-0.39, 0.29) is 0 Å². The van der Waals surface area contributed by atoms with Crippen LogP contribution in [0.25, 0.3) is 5.95 Å². The molecule has 0 spiro atoms. The number of ether oxygens (including phenoxy) is 1. The lowest BCUT2D eigenvalue weighted by atomic mass is 10.3. The number of nitrogens with one attached hydrogen (secondary N) is 1. The fourth-order valence-electron chi connectivity index (χ4n) is 2.89. The van der Waals surface area contributed by atoms with Gasteiger partial charge in [0.2, 0.25) is 0 Å². The number of aromatic nitrogens is 4. The van der Waals surface area contributed by atoms with Crippen molar-refractivity contribution < 1.29 is 9.13 Å². The number of anilines is 3. The Bertz CT molecular complexity index is 940. The van der Waals surface area contributed by atoms with E-state index in [1.807, 2.05) is 18.2 Å². The zero-order chi connectivity index (χ0) is 19.5. The molecule has 1 aliphatic rings. The Kier molecular flexibility index (Phi) is 5.40. The van der Waals surface area contributed by atoms with Crippen molar-refractivity contribution in [1.29, 1.82) is 0 Å². The molecule has 3 aromatic rings. The first-order chi connectivity index (χ1) is 13.6. The first-order valence-corrected chi connectivity index (χ1v) is 9.41. The van der Waals surface area contributed by atoms with Gasteiger partial charge in [0.1, 0.15) is 17.8 Å². The summed E-state index contributed by atoms with van der Waals surface area (Å²) in [7, 11) is 0. The number of hydrogen-bond acceptors (Lipinski definition) is 6. The van der Waals surface area contributed by atoms with Crippen molar-refractivity contribution in [1.82, 2.24) is 19.7 Å². The van der Waals surface area contributed by atoms with Crippen LogP contribution < -0.4 is 10.2 Å². The number of halogens is 2. The number of benzene rings is 1. The Morgan fingerprint density at radius 1 is 1.14 bits per heavy atom. The summed E-state index contributed by atoms with van der Waals surface area (Å²) in [5, 5.41) is 8.18. The van der Waals surface area contributed by atoms with Crippen molar-refractivity contribution in [2.45, 2.75) is 13.1 Å². The van der Waals surface area contributed by atoms with Gasteiger partial charge >= 0.3 is 0 Å². The first kappa shape index (κ1) is 18.6. The second-order valence-electron chi connectivity index (χ2n) is 6.44. The van der Waals surface area contributed by atoms with E-state index >= 15 is 0 Å². The van der Waals surface area contributed by atoms with Gasteiger partial charge in [-0.25, -0.2) is 9.07 Å². The van der Waals surface area contributed by atoms with Gasteiger partial charge in [-0.1, -0.05) is 11.6 Å². The number of hydrogen-bond donors (Lipinski definition) is 1. The molecule has 1 unspecified atom stereocenters. The molecule has 1 N–H and O–H groups in total. The summed E-state index contributed by atoms with van der Waals surface area (Å²) >= 11 is 5.96. The molecule has 0 saturated carbocycles. The highest BCUT2D eigenvalue weighted by Gasteiger charge is 2.17. The number of morpholine rings is 1. The van der Waals surface area contributed by atoms with Crippen molar-refractivity contribution in [3.05, 3.63) is 53.3 Å². The van der Waals surface area contributed by atoms with Gasteiger partial charge in [-0.05, 0) is 37.3 Å². The van der Waals surface area contributed by atoms with Crippen LogP contribution in [-0.4, -0.2) is 46.1 Å². The molecule has 9 heteroatoms. The molecule has 146 valence electrons. The highest BCUT2D eigenvalue weighted by molar-refractivity contribution is 6.30. The topological polar surface area (TPSA) is 68.1 Å². The standard InChI is InChI=1S/C19H20ClFN6O/c1-13(21)16-6-7-27(25-16)19-23-17(22-15-4-2-14(20)3-5-15)12-18(24-19)26-8-10-28-11-9-26/h2-7,12-13H,8-11H2,1H3,(H,22,23,24). The minimum absolute atomic E-state index is 0.340. The quantitative estimate of drug-likeness (QED) is 0.697. The van der Waals surface area contributed by atoms with Crippen LogP contribution in [0.1, 0.15) is 18.8 Å². The van der Waals surface area contributed by atoms with E-state index in [2.05, 4.69) is 25.3 Å². The lowest BCUT2D eigenvalue weighted by Gasteiger charge is -2.28. The van der Waals surface area contributed by atoms with Gasteiger partial charge in [0.15, 0.2) is 0 Å². The largest absolute Gasteiger partial charge is 0.378 e. The van der Waals surface area contributed by atoms with Crippen LogP contribution in [0.2, 0.25) is 5.02 Å². The average molecular weight is 403 g/mol. The second kappa shape index (κ2) is 8.12. The summed E-state index contributed by atoms with van der Waals surface area (Å²) in [6.45, 7) is 4.21. The maximum absolute atomic E-state index is 13.6. The van der Waals surface area contributed by atoms with E-state index in [0.29, 0.717) is 35.7 Å². The predicted molar refractivity (Wildman–Crippen MR) is 106 cm³/mol. The van der Waals surface area contributed by atoms with Crippen molar-refractivity contribution >= 4 is 28.9 Å². The van der Waals surface area contributed by atoms with Crippen LogP contribution in [0.3, 0.4) is 0 Å². The predicted octanol–water partition coefficient (Wildman–Crippen LogP) is 3.93. The monoisotopic (exact) mass is 402 g/mol. The van der Waals surface area contributed by atoms with Gasteiger partial charge in [-0.15, -0.1) is 0 Å². The molecule has 1 aromatic carbocycles. The molecule has 0 bridgehead atoms. The zero-order valence-corrected chi connectivity index (χ0v) is 16.1. The summed E-state index contributed by atoms with van der Waals surface area (Å²) in [6.07, 6.45) is 0.506. The Hall–Kier alpha value is -2.71. The molecule has 28 heavy (non-hydrogen) atoms. The summed E-state index contributed by atoms with van der Waals surface area (Å²) < 4.78 is 20.5. The van der Waals surface area contributed by atoms with Crippen LogP contribution in [0.4, 0.5) is 21.7 Å². The Labute approximate surface area is 167 Å². The molecule has 0 aliphatic carbocycles. The molecule has 1 saturated heterocycles. The van der Waals surface area contributed by atoms with Gasteiger partial charge in [-0.2, -0.15) is 15.1 Å². The molecule has 1 aliphatic heterocycles. The lowest BCUT2D eigenvalue weighted by molar-refractivity contribution is 0.122. The minimum atomic E-state index is -1.16. The Morgan fingerprint density at radius 2 is 1.89 bits per heavy atom. The summed E-state index contributed by atoms with van der Waals surface area (Å²) in [4.78, 5) is 11.3. The van der Waals surface area contributed by atoms with Crippen LogP contribution in [0.5, 0.6) is 0 Å². The second-order valence-corrected chi connectivity index (χ2v) is 6.88. The third-order valence-electron chi connectivity index (χ3n) is 4.37. The zero-order valence-electron chi connectivity index (χ0n) is 15.3. The first-order valence-electron chi connectivity index (χ1n) is 9.03. The Morgan fingerprint density at radius 3 is 2.57 bits per heavy atom. The maximum Gasteiger partial charge on any atom is 0.254 e. The van der Waals surface area contributed by atoms with Gasteiger partial charge in [-0.3, -0.25) is 0 Å². The van der Waals surface area contributed by atoms with Crippen LogP contribution in [0.15, 0.2) is 42.6 Å². The Balaban J connectivity index is 1.70. The normalized spacial score (nSPS) is 15.5. The average Bonchev–Trinajstić information content (AvgIpc) is 3.21. The van der Waals surface area contributed by atoms with E-state index in [0.717, 1.165) is 24.6 Å². The summed E-state index contributed by atoms with van der Waals surface area (Å²) in [6, 6.07) is 10.9. The molecular formula is C19H20ClFN6O. The highest BCUT2D eigenvalue weighted by Crippen LogP contribution is 2.23. The van der Waals surface area contributed by atoms with Crippen molar-refractivity contribution in [3.8, 4) is 5.95 Å². The molecule has 7 nitrogen and oxygen atoms in total. The molecule has 0 amide bonds. The maximum atomic E-state index is 13.6. The molecular weight excluding hydrogens is 383 g/mol. The molecule has 1 fully saturated rings. The number of nitrogens with zero attached hydrogens (tertiary/aromatic N) is 5. The van der Waals surface area contributed by atoms with Gasteiger partial charge in [0.25, 0.3) is 5.95 Å². The van der Waals surface area contributed by atoms with Crippen molar-refractivity contribution in [2.75, 3.05) is 36.5 Å². The van der Waals surface area contributed by atoms with E-state index in [4.69, 9.17) is 16.3 Å². The SMILES string of the molecule is CC(F)c1ccn(-c2nc(Nc3ccc(Cl)cc3)cc(N3CCOCC3)n2)n1. The van der Waals surface area contributed by atoms with Crippen LogP contribution in [-0.2, 0) is 4.74 Å². The molecule has 0 radical (unpaired) electrons. The summed E-state index contributed by atoms with van der Waals surface area (Å²) in [5.74, 6) is 1.74. The lowest BCUT2D eigenvalue weighted by Crippen LogP contribution is -2.37. The van der Waals surface area contributed by atoms with E-state index < -0.39 is 6.17 Å². The fraction of sp³-hybridized carbons (Fsp3) is 0.316. The smallest absolute Gasteiger partial charge is 0.254 e.